The first-order chi connectivity index (χ1) is 4.20. The van der Waals surface area contributed by atoms with Crippen LogP contribution in [0.2, 0.25) is 0 Å². The Kier molecular flexibility index (Phi) is 3.40. The summed E-state index contributed by atoms with van der Waals surface area (Å²) >= 11 is 0. The van der Waals surface area contributed by atoms with E-state index in [-0.39, 0.29) is 0 Å². The van der Waals surface area contributed by atoms with Crippen molar-refractivity contribution in [2.45, 2.75) is 6.42 Å². The molecule has 0 aliphatic carbocycles. The van der Waals surface area contributed by atoms with E-state index >= 15 is 0 Å². The second-order valence-corrected chi connectivity index (χ2v) is 1.58. The number of aliphatic carboxylic acids is 1. The fourth-order valence-electron chi connectivity index (χ4n) is 0.352. The number of aliphatic hydroxyl groups is 1. The van der Waals surface area contributed by atoms with E-state index in [1.807, 2.05) is 0 Å². The van der Waals surface area contributed by atoms with Gasteiger partial charge in [-0.2, -0.15) is 5.26 Å². The zero-order chi connectivity index (χ0) is 7.28. The first kappa shape index (κ1) is 7.92. The van der Waals surface area contributed by atoms with E-state index in [0.29, 0.717) is 0 Å². The quantitative estimate of drug-likeness (QED) is 0.489. The highest BCUT2D eigenvalue weighted by molar-refractivity contribution is 5.65. The van der Waals surface area contributed by atoms with Crippen LogP contribution in [0.4, 0.5) is 0 Å². The van der Waals surface area contributed by atoms with E-state index < -0.39 is 24.9 Å². The van der Waals surface area contributed by atoms with Crippen LogP contribution < -0.4 is 5.11 Å². The number of hydrogen-bond acceptors (Lipinski definition) is 4. The summed E-state index contributed by atoms with van der Waals surface area (Å²) in [6.45, 7) is -0.426. The molecule has 0 bridgehead atoms. The van der Waals surface area contributed by atoms with Crippen LogP contribution in [0.25, 0.3) is 0 Å². The topological polar surface area (TPSA) is 84.1 Å². The van der Waals surface area contributed by atoms with E-state index in [1.165, 1.54) is 0 Å². The maximum Gasteiger partial charge on any atom is 0.0746 e. The number of aliphatic hydroxyl groups excluding tert-OH is 1. The maximum atomic E-state index is 9.75. The molecule has 50 valence electrons. The lowest BCUT2D eigenvalue weighted by Gasteiger charge is -2.03. The van der Waals surface area contributed by atoms with Gasteiger partial charge in [-0.25, -0.2) is 0 Å². The average Bonchev–Trinajstić information content (AvgIpc) is 1.82. The van der Waals surface area contributed by atoms with Crippen molar-refractivity contribution in [2.24, 2.45) is 5.92 Å². The largest absolute Gasteiger partial charge is 0.550 e. The lowest BCUT2D eigenvalue weighted by molar-refractivity contribution is -0.306. The number of nitriles is 1. The minimum atomic E-state index is -1.31. The van der Waals surface area contributed by atoms with Gasteiger partial charge in [0.25, 0.3) is 0 Å². The van der Waals surface area contributed by atoms with Crippen LogP contribution >= 0.6 is 0 Å². The van der Waals surface area contributed by atoms with Gasteiger partial charge in [-0.05, 0) is 0 Å². The Labute approximate surface area is 52.3 Å². The van der Waals surface area contributed by atoms with Crippen LogP contribution in [0.1, 0.15) is 6.42 Å². The normalized spacial score (nSPS) is 12.0. The monoisotopic (exact) mass is 128 g/mol. The van der Waals surface area contributed by atoms with Crippen molar-refractivity contribution in [1.29, 1.82) is 5.26 Å². The summed E-state index contributed by atoms with van der Waals surface area (Å²) in [5, 5.41) is 26.1. The minimum Gasteiger partial charge on any atom is -0.550 e. The summed E-state index contributed by atoms with van der Waals surface area (Å²) in [6.07, 6.45) is -0.396. The van der Waals surface area contributed by atoms with Gasteiger partial charge < -0.3 is 15.0 Å². The Balaban J connectivity index is 3.60. The standard InChI is InChI=1S/C5H7NO3/c6-2-4(3-7)1-5(8)9/h4,7H,1,3H2,(H,8,9)/p-1. The molecule has 0 radical (unpaired) electrons. The maximum absolute atomic E-state index is 9.75. The molecule has 0 aromatic heterocycles. The molecule has 0 aromatic carbocycles. The van der Waals surface area contributed by atoms with Gasteiger partial charge >= 0.3 is 0 Å². The van der Waals surface area contributed by atoms with Crippen LogP contribution in [0, 0.1) is 17.2 Å². The number of carbonyl (C=O) groups excluding carboxylic acids is 1. The van der Waals surface area contributed by atoms with Crippen LogP contribution in [0.5, 0.6) is 0 Å². The van der Waals surface area contributed by atoms with Crippen molar-refractivity contribution in [3.8, 4) is 6.07 Å². The van der Waals surface area contributed by atoms with E-state index in [2.05, 4.69) is 0 Å². The third kappa shape index (κ3) is 3.50. The lowest BCUT2D eigenvalue weighted by Crippen LogP contribution is -2.25. The van der Waals surface area contributed by atoms with Crippen molar-refractivity contribution in [2.75, 3.05) is 6.61 Å². The van der Waals surface area contributed by atoms with Gasteiger partial charge in [-0.15, -0.1) is 0 Å². The number of carboxylic acid groups (broad SMARTS) is 1. The van der Waals surface area contributed by atoms with Crippen molar-refractivity contribution >= 4 is 5.97 Å². The van der Waals surface area contributed by atoms with E-state index in [9.17, 15) is 9.90 Å². The van der Waals surface area contributed by atoms with Crippen LogP contribution in [-0.4, -0.2) is 17.7 Å². The predicted octanol–water partition coefficient (Wildman–Crippen LogP) is -1.74. The molecule has 1 N–H and O–H groups in total. The van der Waals surface area contributed by atoms with E-state index in [1.54, 1.807) is 6.07 Å². The third-order valence-corrected chi connectivity index (χ3v) is 0.816. The lowest BCUT2D eigenvalue weighted by atomic mass is 10.1. The summed E-state index contributed by atoms with van der Waals surface area (Å²) in [6, 6.07) is 1.61. The van der Waals surface area contributed by atoms with Gasteiger partial charge in [-0.1, -0.05) is 0 Å². The summed E-state index contributed by atoms with van der Waals surface area (Å²) in [5.41, 5.74) is 0. The van der Waals surface area contributed by atoms with Crippen LogP contribution in [0.3, 0.4) is 0 Å². The molecule has 0 saturated heterocycles. The van der Waals surface area contributed by atoms with Crippen molar-refractivity contribution in [1.82, 2.24) is 0 Å². The first-order valence-electron chi connectivity index (χ1n) is 2.41. The molecule has 0 spiro atoms. The Bertz CT molecular complexity index is 138. The first-order valence-corrected chi connectivity index (χ1v) is 2.41. The molecule has 1 atom stereocenters. The smallest absolute Gasteiger partial charge is 0.0746 e. The molecule has 0 aliphatic rings. The fraction of sp³-hybridized carbons (Fsp3) is 0.600. The molecule has 0 amide bonds. The molecule has 1 unspecified atom stereocenters. The average molecular weight is 128 g/mol. The zero-order valence-corrected chi connectivity index (χ0v) is 4.70. The Morgan fingerprint density at radius 3 is 2.56 bits per heavy atom. The Morgan fingerprint density at radius 1 is 1.89 bits per heavy atom. The van der Waals surface area contributed by atoms with E-state index in [0.717, 1.165) is 0 Å². The number of carbonyl (C=O) groups is 1. The third-order valence-electron chi connectivity index (χ3n) is 0.816. The predicted molar refractivity (Wildman–Crippen MR) is 25.8 cm³/mol. The van der Waals surface area contributed by atoms with Crippen LogP contribution in [-0.2, 0) is 4.79 Å². The fourth-order valence-corrected chi connectivity index (χ4v) is 0.352. The van der Waals surface area contributed by atoms with Gasteiger partial charge in [0.2, 0.25) is 0 Å². The van der Waals surface area contributed by atoms with Crippen molar-refractivity contribution in [3.05, 3.63) is 0 Å². The SMILES string of the molecule is N#CC(CO)CC(=O)[O-]. The highest BCUT2D eigenvalue weighted by atomic mass is 16.4. The highest BCUT2D eigenvalue weighted by Crippen LogP contribution is 1.96. The minimum absolute atomic E-state index is 0.396. The Hall–Kier alpha value is -1.08. The Morgan fingerprint density at radius 2 is 2.44 bits per heavy atom. The molecule has 0 saturated carbocycles. The molecule has 4 nitrogen and oxygen atoms in total. The molecule has 4 heteroatoms. The molecule has 0 heterocycles. The highest BCUT2D eigenvalue weighted by Gasteiger charge is 2.03. The zero-order valence-electron chi connectivity index (χ0n) is 4.70. The molecule has 0 aromatic rings. The summed E-state index contributed by atoms with van der Waals surface area (Å²) in [5.74, 6) is -2.13. The number of nitrogens with zero attached hydrogens (tertiary/aromatic N) is 1. The number of carboxylic acids is 1. The van der Waals surface area contributed by atoms with Gasteiger partial charge in [-0.3, -0.25) is 0 Å². The van der Waals surface area contributed by atoms with Crippen molar-refractivity contribution in [3.63, 3.8) is 0 Å². The van der Waals surface area contributed by atoms with Gasteiger partial charge in [0, 0.05) is 12.4 Å². The van der Waals surface area contributed by atoms with Crippen LogP contribution in [0.15, 0.2) is 0 Å². The molecule has 0 aliphatic heterocycles. The molecule has 0 rings (SSSR count). The van der Waals surface area contributed by atoms with Crippen molar-refractivity contribution < 1.29 is 15.0 Å². The van der Waals surface area contributed by atoms with Gasteiger partial charge in [0.15, 0.2) is 0 Å². The number of rotatable bonds is 3. The summed E-state index contributed by atoms with van der Waals surface area (Å²) in [4.78, 5) is 9.75. The van der Waals surface area contributed by atoms with Gasteiger partial charge in [0.05, 0.1) is 18.6 Å². The molecule has 0 fully saturated rings. The molecular weight excluding hydrogens is 122 g/mol. The van der Waals surface area contributed by atoms with Gasteiger partial charge in [0.1, 0.15) is 0 Å². The second-order valence-electron chi connectivity index (χ2n) is 1.58. The summed E-state index contributed by atoms with van der Waals surface area (Å²) in [7, 11) is 0. The summed E-state index contributed by atoms with van der Waals surface area (Å²) < 4.78 is 0. The second kappa shape index (κ2) is 3.87. The molecule has 9 heavy (non-hydrogen) atoms. The molecular formula is C5H6NO3-. The van der Waals surface area contributed by atoms with E-state index in [4.69, 9.17) is 10.4 Å². The number of hydrogen-bond donors (Lipinski definition) is 1.